The third kappa shape index (κ3) is 5.43. The molecule has 3 aromatic carbocycles. The molecule has 0 aromatic heterocycles. The van der Waals surface area contributed by atoms with Crippen molar-refractivity contribution in [2.24, 2.45) is 0 Å². The van der Waals surface area contributed by atoms with Gasteiger partial charge in [0.2, 0.25) is 0 Å². The Bertz CT molecular complexity index is 1310. The minimum Gasteiger partial charge on any atom is -0.497 e. The Morgan fingerprint density at radius 3 is 2.43 bits per heavy atom. The van der Waals surface area contributed by atoms with Crippen LogP contribution in [0.4, 0.5) is 5.69 Å². The van der Waals surface area contributed by atoms with E-state index in [9.17, 15) is 13.2 Å². The Balaban J connectivity index is 1.62. The first-order valence-electron chi connectivity index (χ1n) is 11.4. The van der Waals surface area contributed by atoms with Gasteiger partial charge < -0.3 is 14.8 Å². The summed E-state index contributed by atoms with van der Waals surface area (Å²) in [6, 6.07) is 21.3. The summed E-state index contributed by atoms with van der Waals surface area (Å²) in [5.74, 6) is 0.544. The van der Waals surface area contributed by atoms with Gasteiger partial charge in [-0.3, -0.25) is 9.10 Å². The monoisotopic (exact) mass is 494 g/mol. The van der Waals surface area contributed by atoms with Crippen LogP contribution in [0.15, 0.2) is 77.7 Å². The predicted octanol–water partition coefficient (Wildman–Crippen LogP) is 4.10. The number of sulfonamides is 1. The average molecular weight is 495 g/mol. The lowest BCUT2D eigenvalue weighted by Gasteiger charge is -2.36. The van der Waals surface area contributed by atoms with Gasteiger partial charge in [0, 0.05) is 5.54 Å². The Hall–Kier alpha value is -3.52. The van der Waals surface area contributed by atoms with Crippen molar-refractivity contribution in [3.05, 3.63) is 83.9 Å². The van der Waals surface area contributed by atoms with Crippen LogP contribution in [0.3, 0.4) is 0 Å². The maximum Gasteiger partial charge on any atom is 0.264 e. The van der Waals surface area contributed by atoms with Crippen molar-refractivity contribution >= 4 is 21.6 Å². The summed E-state index contributed by atoms with van der Waals surface area (Å²) >= 11 is 0. The molecule has 1 aliphatic heterocycles. The SMILES string of the molecule is COc1ccc(S(=O)(=O)N2C[C@H](C(=O)NC(C)(C)Cc3ccccc3)Oc3cc(C)ccc32)cc1. The fourth-order valence-electron chi connectivity index (χ4n) is 4.16. The van der Waals surface area contributed by atoms with Crippen molar-refractivity contribution in [2.45, 2.75) is 43.7 Å². The Kier molecular flexibility index (Phi) is 6.76. The number of hydrogen-bond donors (Lipinski definition) is 1. The molecule has 1 N–H and O–H groups in total. The molecule has 0 unspecified atom stereocenters. The molecule has 0 spiro atoms. The summed E-state index contributed by atoms with van der Waals surface area (Å²) < 4.78 is 39.7. The largest absolute Gasteiger partial charge is 0.497 e. The van der Waals surface area contributed by atoms with Gasteiger partial charge in [-0.2, -0.15) is 0 Å². The molecule has 0 saturated heterocycles. The highest BCUT2D eigenvalue weighted by molar-refractivity contribution is 7.92. The maximum absolute atomic E-state index is 13.6. The van der Waals surface area contributed by atoms with Crippen LogP contribution in [0, 0.1) is 6.92 Å². The third-order valence-electron chi connectivity index (χ3n) is 5.88. The van der Waals surface area contributed by atoms with Crippen molar-refractivity contribution in [3.63, 3.8) is 0 Å². The summed E-state index contributed by atoms with van der Waals surface area (Å²) in [7, 11) is -2.43. The minimum atomic E-state index is -3.95. The quantitative estimate of drug-likeness (QED) is 0.535. The molecule has 1 heterocycles. The molecule has 8 heteroatoms. The minimum absolute atomic E-state index is 0.107. The van der Waals surface area contributed by atoms with Crippen molar-refractivity contribution < 1.29 is 22.7 Å². The molecule has 7 nitrogen and oxygen atoms in total. The maximum atomic E-state index is 13.6. The highest BCUT2D eigenvalue weighted by Gasteiger charge is 2.39. The van der Waals surface area contributed by atoms with Crippen LogP contribution >= 0.6 is 0 Å². The Labute approximate surface area is 206 Å². The summed E-state index contributed by atoms with van der Waals surface area (Å²) in [6.45, 7) is 5.62. The number of carbonyl (C=O) groups excluding carboxylic acids is 1. The lowest BCUT2D eigenvalue weighted by Crippen LogP contribution is -2.55. The second-order valence-corrected chi connectivity index (χ2v) is 11.2. The van der Waals surface area contributed by atoms with Gasteiger partial charge in [-0.05, 0) is 74.7 Å². The number of methoxy groups -OCH3 is 1. The van der Waals surface area contributed by atoms with Crippen LogP contribution in [0.5, 0.6) is 11.5 Å². The van der Waals surface area contributed by atoms with E-state index < -0.39 is 21.7 Å². The number of benzene rings is 3. The number of anilines is 1. The zero-order valence-electron chi connectivity index (χ0n) is 20.3. The number of hydrogen-bond acceptors (Lipinski definition) is 5. The highest BCUT2D eigenvalue weighted by atomic mass is 32.2. The summed E-state index contributed by atoms with van der Waals surface area (Å²) in [5, 5.41) is 3.04. The van der Waals surface area contributed by atoms with Crippen LogP contribution in [0.2, 0.25) is 0 Å². The predicted molar refractivity (Wildman–Crippen MR) is 135 cm³/mol. The molecule has 35 heavy (non-hydrogen) atoms. The second kappa shape index (κ2) is 9.62. The van der Waals surface area contributed by atoms with Gasteiger partial charge in [-0.15, -0.1) is 0 Å². The number of nitrogens with one attached hydrogen (secondary N) is 1. The van der Waals surface area contributed by atoms with Crippen molar-refractivity contribution in [3.8, 4) is 11.5 Å². The van der Waals surface area contributed by atoms with E-state index in [4.69, 9.17) is 9.47 Å². The van der Waals surface area contributed by atoms with Crippen LogP contribution in [-0.2, 0) is 21.2 Å². The Morgan fingerprint density at radius 2 is 1.77 bits per heavy atom. The zero-order chi connectivity index (χ0) is 25.2. The fourth-order valence-corrected chi connectivity index (χ4v) is 5.64. The molecule has 4 rings (SSSR count). The third-order valence-corrected chi connectivity index (χ3v) is 7.67. The molecule has 0 radical (unpaired) electrons. The lowest BCUT2D eigenvalue weighted by molar-refractivity contribution is -0.129. The molecule has 0 bridgehead atoms. The van der Waals surface area contributed by atoms with Gasteiger partial charge in [0.05, 0.1) is 24.2 Å². The van der Waals surface area contributed by atoms with Crippen molar-refractivity contribution in [2.75, 3.05) is 18.0 Å². The molecule has 1 aliphatic rings. The summed E-state index contributed by atoms with van der Waals surface area (Å²) in [6.07, 6.45) is -0.386. The van der Waals surface area contributed by atoms with Gasteiger partial charge in [0.25, 0.3) is 15.9 Å². The van der Waals surface area contributed by atoms with Gasteiger partial charge in [-0.25, -0.2) is 8.42 Å². The standard InChI is InChI=1S/C27H30N2O5S/c1-19-10-15-23-24(16-19)34-25(26(30)28-27(2,3)17-20-8-6-5-7-9-20)18-29(23)35(31,32)22-13-11-21(33-4)12-14-22/h5-16,25H,17-18H2,1-4H3,(H,28,30)/t25-/m1/s1. The van der Waals surface area contributed by atoms with Gasteiger partial charge in [-0.1, -0.05) is 36.4 Å². The van der Waals surface area contributed by atoms with E-state index in [2.05, 4.69) is 5.32 Å². The molecule has 0 saturated carbocycles. The first-order chi connectivity index (χ1) is 16.6. The van der Waals surface area contributed by atoms with E-state index in [1.54, 1.807) is 24.3 Å². The van der Waals surface area contributed by atoms with Crippen LogP contribution in [-0.4, -0.2) is 39.6 Å². The summed E-state index contributed by atoms with van der Waals surface area (Å²) in [5.41, 5.74) is 1.83. The molecule has 0 aliphatic carbocycles. The number of aryl methyl sites for hydroxylation is 1. The van der Waals surface area contributed by atoms with Crippen LogP contribution in [0.25, 0.3) is 0 Å². The van der Waals surface area contributed by atoms with Crippen LogP contribution in [0.1, 0.15) is 25.0 Å². The summed E-state index contributed by atoms with van der Waals surface area (Å²) in [4.78, 5) is 13.4. The van der Waals surface area contributed by atoms with Crippen LogP contribution < -0.4 is 19.1 Å². The van der Waals surface area contributed by atoms with E-state index >= 15 is 0 Å². The number of amides is 1. The first kappa shape index (κ1) is 24.6. The first-order valence-corrected chi connectivity index (χ1v) is 12.8. The number of ether oxygens (including phenoxy) is 2. The van der Waals surface area contributed by atoms with E-state index in [1.165, 1.54) is 23.5 Å². The number of carbonyl (C=O) groups is 1. The topological polar surface area (TPSA) is 84.9 Å². The molecule has 3 aromatic rings. The van der Waals surface area contributed by atoms with Gasteiger partial charge in [0.1, 0.15) is 11.5 Å². The molecule has 1 amide bonds. The molecular formula is C27H30N2O5S. The molecule has 0 fully saturated rings. The van der Waals surface area contributed by atoms with E-state index in [-0.39, 0.29) is 17.3 Å². The number of rotatable bonds is 7. The molecule has 184 valence electrons. The second-order valence-electron chi connectivity index (χ2n) is 9.32. The van der Waals surface area contributed by atoms with Crippen molar-refractivity contribution in [1.29, 1.82) is 0 Å². The smallest absolute Gasteiger partial charge is 0.264 e. The van der Waals surface area contributed by atoms with Gasteiger partial charge >= 0.3 is 0 Å². The average Bonchev–Trinajstić information content (AvgIpc) is 2.83. The van der Waals surface area contributed by atoms with E-state index in [0.29, 0.717) is 23.6 Å². The number of nitrogens with zero attached hydrogens (tertiary/aromatic N) is 1. The highest BCUT2D eigenvalue weighted by Crippen LogP contribution is 2.38. The fraction of sp³-hybridized carbons (Fsp3) is 0.296. The normalized spacial score (nSPS) is 15.7. The lowest BCUT2D eigenvalue weighted by atomic mass is 9.94. The van der Waals surface area contributed by atoms with Crippen molar-refractivity contribution in [1.82, 2.24) is 5.32 Å². The molecule has 1 atom stereocenters. The Morgan fingerprint density at radius 1 is 1.09 bits per heavy atom. The number of fused-ring (bicyclic) bond motifs is 1. The zero-order valence-corrected chi connectivity index (χ0v) is 21.1. The van der Waals surface area contributed by atoms with E-state index in [1.807, 2.05) is 57.2 Å². The van der Waals surface area contributed by atoms with E-state index in [0.717, 1.165) is 11.1 Å². The van der Waals surface area contributed by atoms with Gasteiger partial charge in [0.15, 0.2) is 6.10 Å². The molecular weight excluding hydrogens is 464 g/mol.